The number of anilines is 2. The number of nitrogens with one attached hydrogen (secondary N) is 1. The lowest BCUT2D eigenvalue weighted by atomic mass is 10.1. The Bertz CT molecular complexity index is 955. The van der Waals surface area contributed by atoms with Crippen molar-refractivity contribution in [3.05, 3.63) is 65.7 Å². The smallest absolute Gasteiger partial charge is 0.439 e. The standard InChI is InChI=1S/C16H10N6/c17-20-16-13-14(21-22-16)11-8-4-5-9-12(11)19-15(13)18-10-6-2-1-3-7-10/h1-9H,(H,18,19). The fourth-order valence-electron chi connectivity index (χ4n) is 2.48. The van der Waals surface area contributed by atoms with Gasteiger partial charge in [0, 0.05) is 11.1 Å². The maximum Gasteiger partial charge on any atom is 0.439 e. The number of hydrogen-bond acceptors (Lipinski definition) is 3. The van der Waals surface area contributed by atoms with Crippen LogP contribution in [0.2, 0.25) is 0 Å². The van der Waals surface area contributed by atoms with Crippen LogP contribution < -0.4 is 5.32 Å². The fourth-order valence-corrected chi connectivity index (χ4v) is 2.48. The van der Waals surface area contributed by atoms with E-state index in [-0.39, 0.29) is 5.84 Å². The SMILES string of the molecule is [N-]=[N+]=C1N=Nc2c1c(Nc1ccccc1)nc1ccccc21. The summed E-state index contributed by atoms with van der Waals surface area (Å²) in [5, 5.41) is 12.2. The van der Waals surface area contributed by atoms with E-state index in [0.29, 0.717) is 17.1 Å². The molecule has 4 rings (SSSR count). The van der Waals surface area contributed by atoms with Gasteiger partial charge in [0.15, 0.2) is 11.4 Å². The number of pyridine rings is 1. The average molecular weight is 286 g/mol. The molecule has 2 heterocycles. The molecule has 0 radical (unpaired) electrons. The molecule has 0 bridgehead atoms. The van der Waals surface area contributed by atoms with Crippen LogP contribution in [0.5, 0.6) is 0 Å². The first kappa shape index (κ1) is 12.4. The largest absolute Gasteiger partial charge is 0.497 e. The van der Waals surface area contributed by atoms with Gasteiger partial charge in [-0.3, -0.25) is 0 Å². The second kappa shape index (κ2) is 4.87. The van der Waals surface area contributed by atoms with E-state index in [1.165, 1.54) is 0 Å². The van der Waals surface area contributed by atoms with Crippen molar-refractivity contribution in [1.29, 1.82) is 0 Å². The summed E-state index contributed by atoms with van der Waals surface area (Å²) < 4.78 is 0. The van der Waals surface area contributed by atoms with Gasteiger partial charge in [0.2, 0.25) is 0 Å². The van der Waals surface area contributed by atoms with Gasteiger partial charge in [0.1, 0.15) is 5.69 Å². The minimum Gasteiger partial charge on any atom is -0.497 e. The quantitative estimate of drug-likeness (QED) is 0.569. The van der Waals surface area contributed by atoms with Gasteiger partial charge in [-0.2, -0.15) is 0 Å². The molecule has 0 saturated carbocycles. The predicted octanol–water partition coefficient (Wildman–Crippen LogP) is 4.05. The summed E-state index contributed by atoms with van der Waals surface area (Å²) >= 11 is 0. The molecule has 1 aliphatic rings. The normalized spacial score (nSPS) is 12.3. The highest BCUT2D eigenvalue weighted by Gasteiger charge is 2.32. The molecule has 0 saturated heterocycles. The Morgan fingerprint density at radius 2 is 1.68 bits per heavy atom. The molecule has 0 spiro atoms. The summed E-state index contributed by atoms with van der Waals surface area (Å²) in [5.41, 5.74) is 12.1. The van der Waals surface area contributed by atoms with Crippen LogP contribution in [-0.2, 0) is 0 Å². The zero-order valence-electron chi connectivity index (χ0n) is 11.4. The molecule has 6 nitrogen and oxygen atoms in total. The maximum absolute atomic E-state index is 9.15. The molecule has 3 aromatic rings. The highest BCUT2D eigenvalue weighted by molar-refractivity contribution is 6.13. The van der Waals surface area contributed by atoms with E-state index < -0.39 is 0 Å². The topological polar surface area (TPSA) is 86.0 Å². The Hall–Kier alpha value is -3.37. The first-order valence-electron chi connectivity index (χ1n) is 6.76. The monoisotopic (exact) mass is 286 g/mol. The van der Waals surface area contributed by atoms with Crippen LogP contribution in [0.4, 0.5) is 17.2 Å². The fraction of sp³-hybridized carbons (Fsp3) is 0. The van der Waals surface area contributed by atoms with Crippen molar-refractivity contribution in [1.82, 2.24) is 4.98 Å². The summed E-state index contributed by atoms with van der Waals surface area (Å²) in [6.45, 7) is 0. The minimum atomic E-state index is 0.159. The molecule has 6 heteroatoms. The van der Waals surface area contributed by atoms with E-state index in [1.54, 1.807) is 0 Å². The second-order valence-corrected chi connectivity index (χ2v) is 4.82. The van der Waals surface area contributed by atoms with E-state index >= 15 is 0 Å². The number of aromatic nitrogens is 1. The van der Waals surface area contributed by atoms with Crippen LogP contribution in [0.3, 0.4) is 0 Å². The van der Waals surface area contributed by atoms with E-state index in [2.05, 4.69) is 25.3 Å². The Labute approximate surface area is 125 Å². The van der Waals surface area contributed by atoms with Crippen LogP contribution >= 0.6 is 0 Å². The molecule has 2 aromatic carbocycles. The van der Waals surface area contributed by atoms with Gasteiger partial charge in [-0.15, -0.1) is 0 Å². The van der Waals surface area contributed by atoms with Crippen LogP contribution in [0.15, 0.2) is 64.8 Å². The summed E-state index contributed by atoms with van der Waals surface area (Å²) in [7, 11) is 0. The Morgan fingerprint density at radius 3 is 2.50 bits per heavy atom. The van der Waals surface area contributed by atoms with Crippen LogP contribution in [0.1, 0.15) is 5.56 Å². The number of hydrogen-bond donors (Lipinski definition) is 1. The van der Waals surface area contributed by atoms with Crippen molar-refractivity contribution >= 4 is 33.9 Å². The molecule has 22 heavy (non-hydrogen) atoms. The molecule has 1 aromatic heterocycles. The van der Waals surface area contributed by atoms with Gasteiger partial charge in [-0.05, 0) is 23.3 Å². The van der Waals surface area contributed by atoms with Gasteiger partial charge in [0.05, 0.1) is 10.6 Å². The highest BCUT2D eigenvalue weighted by Crippen LogP contribution is 2.38. The third-order valence-electron chi connectivity index (χ3n) is 3.46. The first-order chi connectivity index (χ1) is 10.9. The maximum atomic E-state index is 9.15. The number of fused-ring (bicyclic) bond motifs is 3. The molecule has 0 amide bonds. The highest BCUT2D eigenvalue weighted by atomic mass is 15.2. The van der Waals surface area contributed by atoms with E-state index in [4.69, 9.17) is 5.53 Å². The third-order valence-corrected chi connectivity index (χ3v) is 3.46. The molecule has 104 valence electrons. The molecule has 0 atom stereocenters. The van der Waals surface area contributed by atoms with Crippen molar-refractivity contribution in [2.75, 3.05) is 5.32 Å². The minimum absolute atomic E-state index is 0.159. The number of azo groups is 1. The van der Waals surface area contributed by atoms with Crippen molar-refractivity contribution in [2.24, 2.45) is 10.2 Å². The van der Waals surface area contributed by atoms with Crippen LogP contribution in [-0.4, -0.2) is 15.6 Å². The zero-order valence-corrected chi connectivity index (χ0v) is 11.4. The van der Waals surface area contributed by atoms with E-state index in [9.17, 15) is 0 Å². The van der Waals surface area contributed by atoms with Gasteiger partial charge in [-0.25, -0.2) is 4.98 Å². The first-order valence-corrected chi connectivity index (χ1v) is 6.76. The molecule has 0 unspecified atom stereocenters. The summed E-state index contributed by atoms with van der Waals surface area (Å²) in [5.74, 6) is 0.726. The van der Waals surface area contributed by atoms with Gasteiger partial charge >= 0.3 is 5.84 Å². The predicted molar refractivity (Wildman–Crippen MR) is 83.7 cm³/mol. The molecule has 0 fully saturated rings. The number of benzene rings is 2. The Balaban J connectivity index is 1.97. The molecule has 0 aliphatic carbocycles. The van der Waals surface area contributed by atoms with E-state index in [0.717, 1.165) is 16.6 Å². The Morgan fingerprint density at radius 1 is 0.909 bits per heavy atom. The van der Waals surface area contributed by atoms with Crippen LogP contribution in [0, 0.1) is 0 Å². The summed E-state index contributed by atoms with van der Waals surface area (Å²) in [6, 6.07) is 17.3. The van der Waals surface area contributed by atoms with Gasteiger partial charge < -0.3 is 15.6 Å². The van der Waals surface area contributed by atoms with Crippen molar-refractivity contribution in [3.8, 4) is 0 Å². The van der Waals surface area contributed by atoms with Crippen LogP contribution in [0.25, 0.3) is 16.4 Å². The lowest BCUT2D eigenvalue weighted by Crippen LogP contribution is -2.03. The molecular formula is C16H10N6. The van der Waals surface area contributed by atoms with Gasteiger partial charge in [0.25, 0.3) is 0 Å². The lowest BCUT2D eigenvalue weighted by Gasteiger charge is -2.09. The molecule has 1 aliphatic heterocycles. The number of rotatable bonds is 2. The summed E-state index contributed by atoms with van der Waals surface area (Å²) in [4.78, 5) is 7.83. The van der Waals surface area contributed by atoms with E-state index in [1.807, 2.05) is 54.6 Å². The molecular weight excluding hydrogens is 276 g/mol. The zero-order chi connectivity index (χ0) is 14.9. The number of amidine groups is 1. The second-order valence-electron chi connectivity index (χ2n) is 4.82. The van der Waals surface area contributed by atoms with Crippen molar-refractivity contribution in [2.45, 2.75) is 0 Å². The number of para-hydroxylation sites is 2. The average Bonchev–Trinajstić information content (AvgIpc) is 3.01. The third kappa shape index (κ3) is 1.87. The molecule has 1 N–H and O–H groups in total. The van der Waals surface area contributed by atoms with Gasteiger partial charge in [-0.1, -0.05) is 36.4 Å². The van der Waals surface area contributed by atoms with Crippen molar-refractivity contribution in [3.63, 3.8) is 0 Å². The lowest BCUT2D eigenvalue weighted by molar-refractivity contribution is -0.00541. The van der Waals surface area contributed by atoms with Crippen molar-refractivity contribution < 1.29 is 4.79 Å². The summed E-state index contributed by atoms with van der Waals surface area (Å²) in [6.07, 6.45) is 0. The Kier molecular flexibility index (Phi) is 2.74. The number of nitrogens with zero attached hydrogens (tertiary/aromatic N) is 5.